The van der Waals surface area contributed by atoms with Crippen LogP contribution in [0, 0.1) is 0 Å². The Morgan fingerprint density at radius 1 is 1.47 bits per heavy atom. The summed E-state index contributed by atoms with van der Waals surface area (Å²) in [7, 11) is -3.98. The zero-order chi connectivity index (χ0) is 13.1. The molecule has 9 heteroatoms. The number of hydrogen-bond acceptors (Lipinski definition) is 5. The zero-order valence-corrected chi connectivity index (χ0v) is 9.87. The molecule has 1 heterocycles. The van der Waals surface area contributed by atoms with Crippen LogP contribution in [0.1, 0.15) is 13.3 Å². The molecule has 96 valence electrons. The molecule has 0 fully saturated rings. The molecular formula is C8H13N3O5S. The largest absolute Gasteiger partial charge is 0.393 e. The van der Waals surface area contributed by atoms with Gasteiger partial charge >= 0.3 is 5.69 Å². The molecule has 1 unspecified atom stereocenters. The fourth-order valence-corrected chi connectivity index (χ4v) is 2.13. The van der Waals surface area contributed by atoms with E-state index < -0.39 is 32.3 Å². The van der Waals surface area contributed by atoms with Crippen molar-refractivity contribution in [1.29, 1.82) is 0 Å². The highest BCUT2D eigenvalue weighted by Crippen LogP contribution is 1.98. The van der Waals surface area contributed by atoms with Crippen LogP contribution < -0.4 is 16.0 Å². The van der Waals surface area contributed by atoms with Gasteiger partial charge in [-0.15, -0.1) is 0 Å². The topological polar surface area (TPSA) is 132 Å². The van der Waals surface area contributed by atoms with E-state index in [2.05, 4.69) is 9.71 Å². The Balaban J connectivity index is 2.90. The lowest BCUT2D eigenvalue weighted by atomic mass is 10.3. The van der Waals surface area contributed by atoms with Crippen LogP contribution in [0.2, 0.25) is 0 Å². The molecule has 17 heavy (non-hydrogen) atoms. The van der Waals surface area contributed by atoms with Crippen LogP contribution in [-0.2, 0) is 10.0 Å². The molecule has 0 saturated carbocycles. The molecule has 0 aliphatic rings. The summed E-state index contributed by atoms with van der Waals surface area (Å²) < 4.78 is 25.4. The van der Waals surface area contributed by atoms with Crippen molar-refractivity contribution >= 4 is 10.0 Å². The first-order valence-electron chi connectivity index (χ1n) is 4.82. The smallest absolute Gasteiger partial charge is 0.325 e. The van der Waals surface area contributed by atoms with E-state index in [1.54, 1.807) is 0 Å². The van der Waals surface area contributed by atoms with E-state index in [1.807, 2.05) is 4.98 Å². The number of hydrogen-bond donors (Lipinski definition) is 4. The predicted molar refractivity (Wildman–Crippen MR) is 59.2 cm³/mol. The van der Waals surface area contributed by atoms with Gasteiger partial charge in [0.2, 0.25) is 10.0 Å². The molecule has 4 N–H and O–H groups in total. The van der Waals surface area contributed by atoms with E-state index in [0.717, 1.165) is 6.20 Å². The van der Waals surface area contributed by atoms with E-state index >= 15 is 0 Å². The van der Waals surface area contributed by atoms with Gasteiger partial charge in [0.05, 0.1) is 6.10 Å². The van der Waals surface area contributed by atoms with Crippen molar-refractivity contribution in [3.63, 3.8) is 0 Å². The monoisotopic (exact) mass is 263 g/mol. The second kappa shape index (κ2) is 5.25. The summed E-state index contributed by atoms with van der Waals surface area (Å²) in [6.45, 7) is 1.51. The minimum Gasteiger partial charge on any atom is -0.393 e. The van der Waals surface area contributed by atoms with Gasteiger partial charge in [0.25, 0.3) is 5.56 Å². The molecule has 0 amide bonds. The van der Waals surface area contributed by atoms with Crippen molar-refractivity contribution in [2.45, 2.75) is 24.3 Å². The Morgan fingerprint density at radius 3 is 2.65 bits per heavy atom. The van der Waals surface area contributed by atoms with Gasteiger partial charge in [-0.3, -0.25) is 9.78 Å². The lowest BCUT2D eigenvalue weighted by Crippen LogP contribution is -2.34. The lowest BCUT2D eigenvalue weighted by molar-refractivity contribution is 0.186. The minimum absolute atomic E-state index is 0.00142. The average molecular weight is 263 g/mol. The molecule has 0 aliphatic heterocycles. The number of aliphatic hydroxyl groups excluding tert-OH is 1. The van der Waals surface area contributed by atoms with Gasteiger partial charge in [0, 0.05) is 12.7 Å². The van der Waals surface area contributed by atoms with E-state index in [-0.39, 0.29) is 13.0 Å². The molecule has 1 atom stereocenters. The van der Waals surface area contributed by atoms with Gasteiger partial charge in [-0.2, -0.15) is 0 Å². The average Bonchev–Trinajstić information content (AvgIpc) is 2.15. The van der Waals surface area contributed by atoms with Crippen molar-refractivity contribution in [3.05, 3.63) is 27.0 Å². The van der Waals surface area contributed by atoms with Crippen molar-refractivity contribution in [2.24, 2.45) is 0 Å². The summed E-state index contributed by atoms with van der Waals surface area (Å²) >= 11 is 0. The summed E-state index contributed by atoms with van der Waals surface area (Å²) in [6, 6.07) is 0. The number of H-pyrrole nitrogens is 2. The Labute approximate surface area is 96.8 Å². The maximum Gasteiger partial charge on any atom is 0.325 e. The third-order valence-corrected chi connectivity index (χ3v) is 3.40. The molecule has 0 saturated heterocycles. The van der Waals surface area contributed by atoms with Crippen molar-refractivity contribution in [3.8, 4) is 0 Å². The van der Waals surface area contributed by atoms with E-state index in [0.29, 0.717) is 0 Å². The molecule has 0 bridgehead atoms. The number of sulfonamides is 1. The Hall–Kier alpha value is -1.45. The van der Waals surface area contributed by atoms with E-state index in [4.69, 9.17) is 5.11 Å². The van der Waals surface area contributed by atoms with Crippen LogP contribution in [-0.4, -0.2) is 36.1 Å². The van der Waals surface area contributed by atoms with Crippen molar-refractivity contribution < 1.29 is 13.5 Å². The van der Waals surface area contributed by atoms with E-state index in [1.165, 1.54) is 6.92 Å². The van der Waals surface area contributed by atoms with Crippen LogP contribution in [0.3, 0.4) is 0 Å². The highest BCUT2D eigenvalue weighted by molar-refractivity contribution is 7.89. The van der Waals surface area contributed by atoms with Gasteiger partial charge < -0.3 is 10.1 Å². The van der Waals surface area contributed by atoms with Crippen molar-refractivity contribution in [2.75, 3.05) is 6.54 Å². The molecule has 1 aromatic rings. The van der Waals surface area contributed by atoms with Gasteiger partial charge in [0.15, 0.2) is 4.90 Å². The normalized spacial score (nSPS) is 13.5. The Morgan fingerprint density at radius 2 is 2.12 bits per heavy atom. The quantitative estimate of drug-likeness (QED) is 0.493. The molecule has 1 aromatic heterocycles. The summed E-state index contributed by atoms with van der Waals surface area (Å²) in [5, 5.41) is 8.96. The SMILES string of the molecule is CC(O)CCNS(=O)(=O)c1c[nH]c(=O)[nH]c1=O. The van der Waals surface area contributed by atoms with Crippen LogP contribution in [0.15, 0.2) is 20.7 Å². The van der Waals surface area contributed by atoms with Crippen LogP contribution >= 0.6 is 0 Å². The van der Waals surface area contributed by atoms with Gasteiger partial charge in [-0.1, -0.05) is 0 Å². The van der Waals surface area contributed by atoms with Gasteiger partial charge in [0.1, 0.15) is 0 Å². The number of aliphatic hydroxyl groups is 1. The summed E-state index contributed by atoms with van der Waals surface area (Å²) in [4.78, 5) is 25.3. The molecule has 0 aromatic carbocycles. The maximum absolute atomic E-state index is 11.6. The van der Waals surface area contributed by atoms with Crippen LogP contribution in [0.4, 0.5) is 0 Å². The summed E-state index contributed by atoms with van der Waals surface area (Å²) in [6.07, 6.45) is 0.401. The number of aromatic amines is 2. The van der Waals surface area contributed by atoms with Gasteiger partial charge in [-0.05, 0) is 13.3 Å². The maximum atomic E-state index is 11.6. The molecule has 8 nitrogen and oxygen atoms in total. The molecule has 1 rings (SSSR count). The first-order valence-corrected chi connectivity index (χ1v) is 6.31. The van der Waals surface area contributed by atoms with E-state index in [9.17, 15) is 18.0 Å². The first kappa shape index (κ1) is 13.6. The first-order chi connectivity index (χ1) is 7.83. The fourth-order valence-electron chi connectivity index (χ4n) is 1.08. The fraction of sp³-hybridized carbons (Fsp3) is 0.500. The molecule has 0 aliphatic carbocycles. The molecular weight excluding hydrogens is 250 g/mol. The number of rotatable bonds is 5. The third kappa shape index (κ3) is 3.80. The van der Waals surface area contributed by atoms with Gasteiger partial charge in [-0.25, -0.2) is 17.9 Å². The minimum atomic E-state index is -3.98. The number of nitrogens with one attached hydrogen (secondary N) is 3. The highest BCUT2D eigenvalue weighted by atomic mass is 32.2. The summed E-state index contributed by atoms with van der Waals surface area (Å²) in [5.74, 6) is 0. The molecule has 0 spiro atoms. The standard InChI is InChI=1S/C8H13N3O5S/c1-5(12)2-3-10-17(15,16)6-4-9-8(14)11-7(6)13/h4-5,10,12H,2-3H2,1H3,(H2,9,11,13,14). The van der Waals surface area contributed by atoms with Crippen LogP contribution in [0.5, 0.6) is 0 Å². The second-order valence-electron chi connectivity index (χ2n) is 3.47. The van der Waals surface area contributed by atoms with Crippen LogP contribution in [0.25, 0.3) is 0 Å². The second-order valence-corrected chi connectivity index (χ2v) is 5.21. The highest BCUT2D eigenvalue weighted by Gasteiger charge is 2.18. The Bertz CT molecular complexity index is 586. The molecule has 0 radical (unpaired) electrons. The summed E-state index contributed by atoms with van der Waals surface area (Å²) in [5.41, 5.74) is -1.77. The third-order valence-electron chi connectivity index (χ3n) is 1.93. The van der Waals surface area contributed by atoms with Crippen molar-refractivity contribution in [1.82, 2.24) is 14.7 Å². The predicted octanol–water partition coefficient (Wildman–Crippen LogP) is -1.89. The zero-order valence-electron chi connectivity index (χ0n) is 9.06. The lowest BCUT2D eigenvalue weighted by Gasteiger charge is -2.06. The number of aromatic nitrogens is 2. The Kier molecular flexibility index (Phi) is 4.21.